The largest absolute Gasteiger partial charge is 0.466 e. The van der Waals surface area contributed by atoms with Crippen LogP contribution in [0.2, 0.25) is 0 Å². The summed E-state index contributed by atoms with van der Waals surface area (Å²) >= 11 is 0. The van der Waals surface area contributed by atoms with Gasteiger partial charge in [-0.05, 0) is 85.0 Å². The third-order valence-corrected chi connectivity index (χ3v) is 9.97. The van der Waals surface area contributed by atoms with Crippen LogP contribution in [0.5, 0.6) is 0 Å². The zero-order chi connectivity index (χ0) is 21.8. The van der Waals surface area contributed by atoms with E-state index in [4.69, 9.17) is 4.74 Å². The minimum atomic E-state index is -0.350. The molecule has 0 aliphatic heterocycles. The fourth-order valence-corrected chi connectivity index (χ4v) is 8.54. The van der Waals surface area contributed by atoms with Crippen molar-refractivity contribution in [1.29, 1.82) is 0 Å². The van der Waals surface area contributed by atoms with Crippen LogP contribution in [0.3, 0.4) is 0 Å². The second kappa shape index (κ2) is 7.76. The summed E-state index contributed by atoms with van der Waals surface area (Å²) in [7, 11) is 0. The van der Waals surface area contributed by atoms with E-state index in [9.17, 15) is 14.7 Å². The number of fused-ring (bicyclic) bond motifs is 5. The minimum Gasteiger partial charge on any atom is -0.466 e. The Balaban J connectivity index is 1.65. The molecule has 0 spiro atoms. The highest BCUT2D eigenvalue weighted by Gasteiger charge is 2.63. The molecule has 1 N–H and O–H groups in total. The number of esters is 1. The van der Waals surface area contributed by atoms with E-state index in [0.29, 0.717) is 42.6 Å². The molecule has 0 amide bonds. The summed E-state index contributed by atoms with van der Waals surface area (Å²) in [6, 6.07) is 0. The summed E-state index contributed by atoms with van der Waals surface area (Å²) < 4.78 is 5.37. The van der Waals surface area contributed by atoms with Gasteiger partial charge in [0.2, 0.25) is 0 Å². The molecule has 9 atom stereocenters. The first kappa shape index (κ1) is 22.0. The van der Waals surface area contributed by atoms with Gasteiger partial charge in [0.05, 0.1) is 12.7 Å². The van der Waals surface area contributed by atoms with Gasteiger partial charge < -0.3 is 9.84 Å². The molecule has 4 aliphatic carbocycles. The van der Waals surface area contributed by atoms with Crippen molar-refractivity contribution in [2.24, 2.45) is 46.3 Å². The molecule has 4 rings (SSSR count). The molecular formula is C26H40O4. The third-order valence-electron chi connectivity index (χ3n) is 9.97. The monoisotopic (exact) mass is 416 g/mol. The van der Waals surface area contributed by atoms with Crippen molar-refractivity contribution >= 4 is 11.8 Å². The molecule has 4 aliphatic rings. The molecule has 0 aromatic heterocycles. The summed E-state index contributed by atoms with van der Waals surface area (Å²) in [5, 5.41) is 11.6. The first-order chi connectivity index (χ1) is 14.1. The maximum Gasteiger partial charge on any atom is 0.302 e. The van der Waals surface area contributed by atoms with Crippen molar-refractivity contribution in [1.82, 2.24) is 0 Å². The van der Waals surface area contributed by atoms with Crippen LogP contribution in [-0.4, -0.2) is 29.6 Å². The normalized spacial score (nSPS) is 46.3. The summed E-state index contributed by atoms with van der Waals surface area (Å²) in [5.74, 6) is 2.34. The van der Waals surface area contributed by atoms with Crippen molar-refractivity contribution in [3.05, 3.63) is 11.6 Å². The van der Waals surface area contributed by atoms with E-state index in [1.807, 2.05) is 6.08 Å². The number of carbonyl (C=O) groups is 2. The number of ketones is 1. The molecule has 0 heterocycles. The highest BCUT2D eigenvalue weighted by molar-refractivity contribution is 5.91. The molecule has 3 fully saturated rings. The van der Waals surface area contributed by atoms with Crippen LogP contribution < -0.4 is 0 Å². The molecule has 0 saturated heterocycles. The lowest BCUT2D eigenvalue weighted by molar-refractivity contribution is -0.146. The van der Waals surface area contributed by atoms with E-state index < -0.39 is 0 Å². The van der Waals surface area contributed by atoms with Gasteiger partial charge in [0.15, 0.2) is 5.78 Å². The Morgan fingerprint density at radius 2 is 1.97 bits per heavy atom. The molecule has 0 bridgehead atoms. The Hall–Kier alpha value is -1.16. The zero-order valence-corrected chi connectivity index (χ0v) is 19.4. The molecule has 168 valence electrons. The second-order valence-corrected chi connectivity index (χ2v) is 11.3. The fraction of sp³-hybridized carbons (Fsp3) is 0.846. The Bertz CT molecular complexity index is 741. The van der Waals surface area contributed by atoms with Crippen molar-refractivity contribution in [3.63, 3.8) is 0 Å². The molecule has 0 aromatic carbocycles. The topological polar surface area (TPSA) is 63.6 Å². The van der Waals surface area contributed by atoms with Crippen LogP contribution in [0.1, 0.15) is 79.6 Å². The van der Waals surface area contributed by atoms with Gasteiger partial charge in [0, 0.05) is 19.3 Å². The Labute approximate surface area is 181 Å². The van der Waals surface area contributed by atoms with Gasteiger partial charge in [-0.3, -0.25) is 9.59 Å². The molecule has 4 heteroatoms. The summed E-state index contributed by atoms with van der Waals surface area (Å²) in [4.78, 5) is 23.6. The Morgan fingerprint density at radius 1 is 1.23 bits per heavy atom. The maximum absolute atomic E-state index is 12.3. The number of aliphatic hydroxyl groups excluding tert-OH is 1. The van der Waals surface area contributed by atoms with Gasteiger partial charge in [-0.2, -0.15) is 0 Å². The van der Waals surface area contributed by atoms with Gasteiger partial charge >= 0.3 is 5.97 Å². The smallest absolute Gasteiger partial charge is 0.302 e. The van der Waals surface area contributed by atoms with E-state index in [0.717, 1.165) is 32.1 Å². The van der Waals surface area contributed by atoms with Crippen LogP contribution in [0, 0.1) is 46.3 Å². The summed E-state index contributed by atoms with van der Waals surface area (Å²) in [6.45, 7) is 11.2. The Morgan fingerprint density at radius 3 is 2.63 bits per heavy atom. The van der Waals surface area contributed by atoms with Crippen LogP contribution in [-0.2, 0) is 14.3 Å². The Kier molecular flexibility index (Phi) is 5.70. The van der Waals surface area contributed by atoms with E-state index >= 15 is 0 Å². The standard InChI is InChI=1S/C26H40O4/c1-6-18-22-13-17(28)9-11-26(22,5)21-10-12-25(4)19(15(2)14-30-16(3)27)7-8-20(25)23(21)24(18)29/h13,15,18-21,23-24,29H,6-12,14H2,1-5H3/t15-,18-,19-,20+,21+,23+,24+,25-,26-/m1/s1. The first-order valence-corrected chi connectivity index (χ1v) is 12.2. The molecule has 4 nitrogen and oxygen atoms in total. The number of carbonyl (C=O) groups excluding carboxylic acids is 2. The number of hydrogen-bond acceptors (Lipinski definition) is 4. The van der Waals surface area contributed by atoms with Crippen molar-refractivity contribution in [3.8, 4) is 0 Å². The van der Waals surface area contributed by atoms with E-state index in [-0.39, 0.29) is 34.6 Å². The molecule has 0 unspecified atom stereocenters. The highest BCUT2D eigenvalue weighted by atomic mass is 16.5. The second-order valence-electron chi connectivity index (χ2n) is 11.3. The molecule has 30 heavy (non-hydrogen) atoms. The maximum atomic E-state index is 12.3. The van der Waals surface area contributed by atoms with Gasteiger partial charge in [-0.15, -0.1) is 0 Å². The predicted molar refractivity (Wildman–Crippen MR) is 117 cm³/mol. The summed E-state index contributed by atoms with van der Waals surface area (Å²) in [6.07, 6.45) is 8.67. The lowest BCUT2D eigenvalue weighted by Gasteiger charge is -2.61. The highest BCUT2D eigenvalue weighted by Crippen LogP contribution is 2.68. The van der Waals surface area contributed by atoms with Crippen molar-refractivity contribution < 1.29 is 19.4 Å². The molecular weight excluding hydrogens is 376 g/mol. The lowest BCUT2D eigenvalue weighted by Crippen LogP contribution is -2.58. The van der Waals surface area contributed by atoms with Crippen LogP contribution in [0.4, 0.5) is 0 Å². The van der Waals surface area contributed by atoms with Gasteiger partial charge in [-0.25, -0.2) is 0 Å². The van der Waals surface area contributed by atoms with Crippen LogP contribution in [0.25, 0.3) is 0 Å². The van der Waals surface area contributed by atoms with Gasteiger partial charge in [-0.1, -0.05) is 33.3 Å². The zero-order valence-electron chi connectivity index (χ0n) is 19.4. The number of aliphatic hydroxyl groups is 1. The molecule has 0 aromatic rings. The molecule has 0 radical (unpaired) electrons. The first-order valence-electron chi connectivity index (χ1n) is 12.2. The van der Waals surface area contributed by atoms with Crippen molar-refractivity contribution in [2.75, 3.05) is 6.61 Å². The third kappa shape index (κ3) is 3.20. The van der Waals surface area contributed by atoms with E-state index in [1.54, 1.807) is 0 Å². The molecule has 3 saturated carbocycles. The number of hydrogen-bond donors (Lipinski definition) is 1. The SMILES string of the molecule is CC[C@@H]1C2=CC(=O)CC[C@]2(C)[C@H]2CC[C@]3(C)[C@@H]([C@H](C)COC(C)=O)CC[C@H]3[C@@H]2[C@H]1O. The van der Waals surface area contributed by atoms with E-state index in [1.165, 1.54) is 18.9 Å². The van der Waals surface area contributed by atoms with Crippen LogP contribution in [0.15, 0.2) is 11.6 Å². The van der Waals surface area contributed by atoms with Crippen molar-refractivity contribution in [2.45, 2.75) is 85.7 Å². The minimum absolute atomic E-state index is 0.0568. The number of rotatable bonds is 4. The van der Waals surface area contributed by atoms with Gasteiger partial charge in [0.25, 0.3) is 0 Å². The van der Waals surface area contributed by atoms with Crippen LogP contribution >= 0.6 is 0 Å². The average molecular weight is 417 g/mol. The van der Waals surface area contributed by atoms with Gasteiger partial charge in [0.1, 0.15) is 0 Å². The predicted octanol–water partition coefficient (Wildman–Crippen LogP) is 4.94. The fourth-order valence-electron chi connectivity index (χ4n) is 8.54. The average Bonchev–Trinajstić information content (AvgIpc) is 3.05. The quantitative estimate of drug-likeness (QED) is 0.659. The lowest BCUT2D eigenvalue weighted by atomic mass is 9.43. The number of ether oxygens (including phenoxy) is 1. The summed E-state index contributed by atoms with van der Waals surface area (Å²) in [5.41, 5.74) is 1.50. The van der Waals surface area contributed by atoms with E-state index in [2.05, 4.69) is 27.7 Å².